The van der Waals surface area contributed by atoms with Crippen molar-refractivity contribution in [3.8, 4) is 5.75 Å². The van der Waals surface area contributed by atoms with Crippen LogP contribution in [0.15, 0.2) is 47.4 Å². The Hall–Kier alpha value is -1.98. The third-order valence-corrected chi connectivity index (χ3v) is 8.92. The van der Waals surface area contributed by atoms with Gasteiger partial charge in [0.05, 0.1) is 12.7 Å². The molecular weight excluding hydrogens is 396 g/mol. The highest BCUT2D eigenvalue weighted by molar-refractivity contribution is 7.90. The summed E-state index contributed by atoms with van der Waals surface area (Å²) in [5, 5.41) is 9.06. The van der Waals surface area contributed by atoms with E-state index in [1.807, 2.05) is 12.1 Å². The molecule has 2 aromatic rings. The number of benzene rings is 2. The first-order valence-corrected chi connectivity index (χ1v) is 12.2. The second kappa shape index (κ2) is 7.61. The lowest BCUT2D eigenvalue weighted by molar-refractivity contribution is -0.00625. The van der Waals surface area contributed by atoms with Crippen molar-refractivity contribution in [3.05, 3.63) is 59.2 Å². The first-order valence-electron chi connectivity index (χ1n) is 10.8. The molecule has 0 heterocycles. The van der Waals surface area contributed by atoms with Gasteiger partial charge < -0.3 is 14.4 Å². The van der Waals surface area contributed by atoms with Crippen molar-refractivity contribution in [2.45, 2.75) is 54.6 Å². The van der Waals surface area contributed by atoms with Gasteiger partial charge in [-0.3, -0.25) is 0 Å². The third-order valence-electron chi connectivity index (χ3n) is 7.54. The highest BCUT2D eigenvalue weighted by atomic mass is 32.2. The minimum atomic E-state index is -1.19. The molecule has 4 bridgehead atoms. The molecule has 0 amide bonds. The Kier molecular flexibility index (Phi) is 5.06. The molecule has 6 rings (SSSR count). The van der Waals surface area contributed by atoms with Crippen LogP contribution in [0.25, 0.3) is 0 Å². The Morgan fingerprint density at radius 1 is 1.07 bits per heavy atom. The van der Waals surface area contributed by atoms with E-state index in [1.165, 1.54) is 44.1 Å². The monoisotopic (exact) mass is 424 g/mol. The van der Waals surface area contributed by atoms with E-state index < -0.39 is 17.1 Å². The molecule has 4 fully saturated rings. The number of rotatable bonds is 6. The van der Waals surface area contributed by atoms with Gasteiger partial charge in [-0.05, 0) is 97.1 Å². The second-order valence-corrected chi connectivity index (χ2v) is 11.0. The number of methoxy groups -OCH3 is 1. The summed E-state index contributed by atoms with van der Waals surface area (Å²) in [6.45, 7) is 0. The van der Waals surface area contributed by atoms with Crippen molar-refractivity contribution in [3.63, 3.8) is 0 Å². The summed E-state index contributed by atoms with van der Waals surface area (Å²) in [5.74, 6) is 2.88. The van der Waals surface area contributed by atoms with Crippen molar-refractivity contribution in [2.75, 3.05) is 7.11 Å². The molecule has 5 heteroatoms. The molecule has 0 saturated heterocycles. The van der Waals surface area contributed by atoms with Gasteiger partial charge in [-0.1, -0.05) is 12.1 Å². The molecule has 1 atom stereocenters. The van der Waals surface area contributed by atoms with Crippen molar-refractivity contribution in [1.29, 1.82) is 0 Å². The molecule has 2 aromatic carbocycles. The SMILES string of the molecule is COc1ccc([S+]([O-])Cc2ccc(C(=O)O)cc2)cc1C12CC3CC(CC(C3)C1)C2. The van der Waals surface area contributed by atoms with Gasteiger partial charge in [-0.15, -0.1) is 0 Å². The Morgan fingerprint density at radius 3 is 2.20 bits per heavy atom. The zero-order chi connectivity index (χ0) is 20.9. The fourth-order valence-electron chi connectivity index (χ4n) is 6.66. The van der Waals surface area contributed by atoms with Gasteiger partial charge in [0.15, 0.2) is 4.90 Å². The Balaban J connectivity index is 1.42. The van der Waals surface area contributed by atoms with Crippen molar-refractivity contribution < 1.29 is 19.2 Å². The summed E-state index contributed by atoms with van der Waals surface area (Å²) in [6, 6.07) is 12.7. The molecule has 1 N–H and O–H groups in total. The number of carboxylic acids is 1. The summed E-state index contributed by atoms with van der Waals surface area (Å²) >= 11 is -1.19. The molecular formula is C25H28O4S. The van der Waals surface area contributed by atoms with Gasteiger partial charge in [-0.25, -0.2) is 4.79 Å². The zero-order valence-electron chi connectivity index (χ0n) is 17.3. The summed E-state index contributed by atoms with van der Waals surface area (Å²) in [4.78, 5) is 11.9. The van der Waals surface area contributed by atoms with Gasteiger partial charge in [0.2, 0.25) is 0 Å². The first-order chi connectivity index (χ1) is 14.5. The van der Waals surface area contributed by atoms with Crippen LogP contribution in [0.5, 0.6) is 5.75 Å². The predicted octanol–water partition coefficient (Wildman–Crippen LogP) is 5.17. The zero-order valence-corrected chi connectivity index (χ0v) is 18.1. The lowest BCUT2D eigenvalue weighted by Crippen LogP contribution is -2.48. The molecule has 4 aliphatic carbocycles. The smallest absolute Gasteiger partial charge is 0.335 e. The third kappa shape index (κ3) is 3.52. The van der Waals surface area contributed by atoms with Crippen LogP contribution in [-0.4, -0.2) is 22.7 Å². The Morgan fingerprint density at radius 2 is 1.67 bits per heavy atom. The number of hydrogen-bond acceptors (Lipinski definition) is 3. The minimum Gasteiger partial charge on any atom is -0.611 e. The molecule has 0 aliphatic heterocycles. The van der Waals surface area contributed by atoms with E-state index in [1.54, 1.807) is 31.4 Å². The Bertz CT molecular complexity index is 917. The second-order valence-electron chi connectivity index (χ2n) is 9.55. The number of aromatic carboxylic acids is 1. The normalized spacial score (nSPS) is 30.3. The van der Waals surface area contributed by atoms with Crippen LogP contribution in [0.2, 0.25) is 0 Å². The van der Waals surface area contributed by atoms with E-state index in [0.717, 1.165) is 34.0 Å². The van der Waals surface area contributed by atoms with Crippen LogP contribution in [0.1, 0.15) is 60.0 Å². The maximum atomic E-state index is 13.2. The molecule has 1 unspecified atom stereocenters. The van der Waals surface area contributed by atoms with Gasteiger partial charge in [-0.2, -0.15) is 0 Å². The standard InChI is InChI=1S/C25H28O4S/c1-29-23-7-6-21(30(28)15-16-2-4-20(5-3-16)24(26)27)11-22(23)25-12-17-8-18(13-25)10-19(9-17)14-25/h2-7,11,17-19H,8-10,12-15H2,1H3,(H,26,27). The molecule has 30 heavy (non-hydrogen) atoms. The van der Waals surface area contributed by atoms with E-state index in [-0.39, 0.29) is 11.0 Å². The molecule has 4 nitrogen and oxygen atoms in total. The fraction of sp³-hybridized carbons (Fsp3) is 0.480. The largest absolute Gasteiger partial charge is 0.611 e. The summed E-state index contributed by atoms with van der Waals surface area (Å²) in [5.41, 5.74) is 2.57. The van der Waals surface area contributed by atoms with Gasteiger partial charge >= 0.3 is 5.97 Å². The lowest BCUT2D eigenvalue weighted by atomic mass is 9.48. The Labute approximate surface area is 180 Å². The maximum Gasteiger partial charge on any atom is 0.335 e. The summed E-state index contributed by atoms with van der Waals surface area (Å²) < 4.78 is 18.9. The van der Waals surface area contributed by atoms with E-state index in [0.29, 0.717) is 5.75 Å². The van der Waals surface area contributed by atoms with E-state index in [9.17, 15) is 9.35 Å². The molecule has 4 saturated carbocycles. The molecule has 0 aromatic heterocycles. The highest BCUT2D eigenvalue weighted by Gasteiger charge is 2.52. The van der Waals surface area contributed by atoms with Gasteiger partial charge in [0, 0.05) is 17.2 Å². The van der Waals surface area contributed by atoms with E-state index in [2.05, 4.69) is 6.07 Å². The van der Waals surface area contributed by atoms with E-state index >= 15 is 0 Å². The number of carbonyl (C=O) groups is 1. The van der Waals surface area contributed by atoms with Crippen LogP contribution in [0.3, 0.4) is 0 Å². The van der Waals surface area contributed by atoms with Crippen LogP contribution in [0, 0.1) is 17.8 Å². The van der Waals surface area contributed by atoms with Gasteiger partial charge in [0.25, 0.3) is 0 Å². The molecule has 0 spiro atoms. The molecule has 158 valence electrons. The predicted molar refractivity (Wildman–Crippen MR) is 116 cm³/mol. The average molecular weight is 425 g/mol. The average Bonchev–Trinajstić information content (AvgIpc) is 2.72. The van der Waals surface area contributed by atoms with Gasteiger partial charge in [0.1, 0.15) is 11.5 Å². The minimum absolute atomic E-state index is 0.184. The summed E-state index contributed by atoms with van der Waals surface area (Å²) in [7, 11) is 1.74. The number of carboxylic acid groups (broad SMARTS) is 1. The summed E-state index contributed by atoms with van der Waals surface area (Å²) in [6.07, 6.45) is 7.88. The first kappa shape index (κ1) is 20.0. The van der Waals surface area contributed by atoms with Crippen LogP contribution in [0.4, 0.5) is 0 Å². The van der Waals surface area contributed by atoms with Crippen molar-refractivity contribution >= 4 is 17.1 Å². The lowest BCUT2D eigenvalue weighted by Gasteiger charge is -2.57. The fourth-order valence-corrected chi connectivity index (χ4v) is 7.79. The maximum absolute atomic E-state index is 13.2. The van der Waals surface area contributed by atoms with Crippen molar-refractivity contribution in [1.82, 2.24) is 0 Å². The topological polar surface area (TPSA) is 69.6 Å². The van der Waals surface area contributed by atoms with Crippen LogP contribution in [-0.2, 0) is 22.3 Å². The highest BCUT2D eigenvalue weighted by Crippen LogP contribution is 2.62. The number of hydrogen-bond donors (Lipinski definition) is 1. The van der Waals surface area contributed by atoms with E-state index in [4.69, 9.17) is 9.84 Å². The van der Waals surface area contributed by atoms with Crippen molar-refractivity contribution in [2.24, 2.45) is 17.8 Å². The van der Waals surface area contributed by atoms with Crippen LogP contribution >= 0.6 is 0 Å². The van der Waals surface area contributed by atoms with Crippen LogP contribution < -0.4 is 4.74 Å². The quantitative estimate of drug-likeness (QED) is 0.650. The molecule has 0 radical (unpaired) electrons. The molecule has 4 aliphatic rings. The number of ether oxygens (including phenoxy) is 1.